The topological polar surface area (TPSA) is 84.4 Å². The lowest BCUT2D eigenvalue weighted by atomic mass is 9.88. The van der Waals surface area contributed by atoms with Gasteiger partial charge in [0.2, 0.25) is 5.01 Å². The quantitative estimate of drug-likeness (QED) is 0.520. The summed E-state index contributed by atoms with van der Waals surface area (Å²) in [7, 11) is 1.57. The third-order valence-corrected chi connectivity index (χ3v) is 6.43. The minimum atomic E-state index is -0.696. The van der Waals surface area contributed by atoms with Crippen LogP contribution in [0.5, 0.6) is 5.75 Å². The predicted molar refractivity (Wildman–Crippen MR) is 120 cm³/mol. The Morgan fingerprint density at radius 1 is 1.12 bits per heavy atom. The average Bonchev–Trinajstić information content (AvgIpc) is 3.30. The van der Waals surface area contributed by atoms with Gasteiger partial charge in [0.15, 0.2) is 5.78 Å². The van der Waals surface area contributed by atoms with Crippen molar-refractivity contribution in [1.29, 1.82) is 0 Å². The summed E-state index contributed by atoms with van der Waals surface area (Å²) in [5.41, 5.74) is 0.434. The number of ether oxygens (including phenoxy) is 1. The molecule has 1 aliphatic rings. The molecule has 0 atom stereocenters. The minimum absolute atomic E-state index is 0.190. The summed E-state index contributed by atoms with van der Waals surface area (Å²) in [6.45, 7) is 1.73. The van der Waals surface area contributed by atoms with E-state index in [1.807, 2.05) is 0 Å². The first kappa shape index (κ1) is 22.9. The highest BCUT2D eigenvalue weighted by Gasteiger charge is 2.28. The molecule has 0 unspecified atom stereocenters. The van der Waals surface area contributed by atoms with Gasteiger partial charge in [0, 0.05) is 11.6 Å². The van der Waals surface area contributed by atoms with Crippen LogP contribution in [0.3, 0.4) is 0 Å². The molecule has 0 spiro atoms. The molecule has 1 aromatic heterocycles. The van der Waals surface area contributed by atoms with Gasteiger partial charge >= 0.3 is 0 Å². The van der Waals surface area contributed by atoms with E-state index in [0.29, 0.717) is 48.9 Å². The molecule has 0 radical (unpaired) electrons. The number of anilines is 1. The molecule has 1 N–H and O–H groups in total. The van der Waals surface area contributed by atoms with Crippen LogP contribution >= 0.6 is 11.3 Å². The van der Waals surface area contributed by atoms with Gasteiger partial charge in [-0.2, -0.15) is 0 Å². The van der Waals surface area contributed by atoms with Crippen LogP contribution in [0.15, 0.2) is 42.5 Å². The second-order valence-electron chi connectivity index (χ2n) is 7.72. The number of nitrogens with zero attached hydrogens (tertiary/aromatic N) is 3. The van der Waals surface area contributed by atoms with Gasteiger partial charge in [-0.15, -0.1) is 10.2 Å². The molecule has 0 saturated carbocycles. The van der Waals surface area contributed by atoms with Crippen molar-refractivity contribution in [3.8, 4) is 5.75 Å². The third-order valence-electron chi connectivity index (χ3n) is 5.52. The largest absolute Gasteiger partial charge is 0.497 e. The molecule has 1 saturated heterocycles. The SMILES string of the molecule is COc1ccc(NC(=O)c2nnc(CN3CCC(C(=O)c4cc(F)ccc4F)CC3)s2)cc1. The van der Waals surface area contributed by atoms with Crippen LogP contribution in [0.4, 0.5) is 14.5 Å². The molecule has 1 amide bonds. The van der Waals surface area contributed by atoms with E-state index in [1.54, 1.807) is 31.4 Å². The van der Waals surface area contributed by atoms with Gasteiger partial charge in [0.05, 0.1) is 19.2 Å². The molecule has 1 fully saturated rings. The fourth-order valence-corrected chi connectivity index (χ4v) is 4.50. The Morgan fingerprint density at radius 3 is 2.55 bits per heavy atom. The average molecular weight is 473 g/mol. The van der Waals surface area contributed by atoms with Crippen molar-refractivity contribution in [2.45, 2.75) is 19.4 Å². The van der Waals surface area contributed by atoms with Crippen LogP contribution in [0.25, 0.3) is 0 Å². The summed E-state index contributed by atoms with van der Waals surface area (Å²) < 4.78 is 32.4. The van der Waals surface area contributed by atoms with Crippen molar-refractivity contribution in [3.05, 3.63) is 69.7 Å². The minimum Gasteiger partial charge on any atom is -0.497 e. The molecule has 0 aliphatic carbocycles. The van der Waals surface area contributed by atoms with Gasteiger partial charge in [-0.25, -0.2) is 8.78 Å². The van der Waals surface area contributed by atoms with Crippen LogP contribution in [0.1, 0.15) is 38.0 Å². The molecule has 1 aliphatic heterocycles. The van der Waals surface area contributed by atoms with Crippen LogP contribution < -0.4 is 10.1 Å². The monoisotopic (exact) mass is 472 g/mol. The highest BCUT2D eigenvalue weighted by Crippen LogP contribution is 2.25. The van der Waals surface area contributed by atoms with Gasteiger partial charge in [0.1, 0.15) is 22.4 Å². The zero-order valence-electron chi connectivity index (χ0n) is 17.9. The highest BCUT2D eigenvalue weighted by molar-refractivity contribution is 7.13. The van der Waals surface area contributed by atoms with Crippen molar-refractivity contribution in [2.24, 2.45) is 5.92 Å². The normalized spacial score (nSPS) is 14.8. The summed E-state index contributed by atoms with van der Waals surface area (Å²) in [5.74, 6) is -1.68. The zero-order chi connectivity index (χ0) is 23.4. The molecule has 4 rings (SSSR count). The second kappa shape index (κ2) is 10.1. The van der Waals surface area contributed by atoms with Gasteiger partial charge < -0.3 is 10.1 Å². The highest BCUT2D eigenvalue weighted by atomic mass is 32.1. The number of aromatic nitrogens is 2. The predicted octanol–water partition coefficient (Wildman–Crippen LogP) is 4.17. The first-order valence-corrected chi connectivity index (χ1v) is 11.2. The molecule has 3 aromatic rings. The number of hydrogen-bond donors (Lipinski definition) is 1. The standard InChI is InChI=1S/C23H22F2N4O3S/c1-32-17-5-3-16(4-6-17)26-22(31)23-28-27-20(33-23)13-29-10-8-14(9-11-29)21(30)18-12-15(24)2-7-19(18)25/h2-7,12,14H,8-11,13H2,1H3,(H,26,31). The number of hydrogen-bond acceptors (Lipinski definition) is 7. The number of halogens is 2. The number of benzene rings is 2. The Hall–Kier alpha value is -3.24. The molecule has 172 valence electrons. The van der Waals surface area contributed by atoms with E-state index in [4.69, 9.17) is 4.74 Å². The van der Waals surface area contributed by atoms with Crippen molar-refractivity contribution in [1.82, 2.24) is 15.1 Å². The maximum atomic E-state index is 13.9. The lowest BCUT2D eigenvalue weighted by Crippen LogP contribution is -2.36. The Balaban J connectivity index is 1.30. The molecular formula is C23H22F2N4O3S. The smallest absolute Gasteiger partial charge is 0.286 e. The van der Waals surface area contributed by atoms with E-state index in [9.17, 15) is 18.4 Å². The molecule has 0 bridgehead atoms. The molecule has 10 heteroatoms. The Morgan fingerprint density at radius 2 is 1.85 bits per heavy atom. The van der Waals surface area contributed by atoms with Crippen LogP contribution in [0.2, 0.25) is 0 Å². The number of methoxy groups -OCH3 is 1. The number of carbonyl (C=O) groups excluding carboxylic acids is 2. The van der Waals surface area contributed by atoms with E-state index in [0.717, 1.165) is 18.2 Å². The summed E-state index contributed by atoms with van der Waals surface area (Å²) in [4.78, 5) is 27.1. The maximum Gasteiger partial charge on any atom is 0.286 e. The lowest BCUT2D eigenvalue weighted by Gasteiger charge is -2.30. The van der Waals surface area contributed by atoms with E-state index in [1.165, 1.54) is 11.3 Å². The first-order valence-electron chi connectivity index (χ1n) is 10.4. The van der Waals surface area contributed by atoms with Crippen molar-refractivity contribution in [3.63, 3.8) is 0 Å². The number of piperidine rings is 1. The maximum absolute atomic E-state index is 13.9. The number of amides is 1. The molecular weight excluding hydrogens is 450 g/mol. The molecule has 2 heterocycles. The van der Waals surface area contributed by atoms with E-state index in [2.05, 4.69) is 20.4 Å². The number of carbonyl (C=O) groups is 2. The van der Waals surface area contributed by atoms with Gasteiger partial charge in [-0.3, -0.25) is 14.5 Å². The summed E-state index contributed by atoms with van der Waals surface area (Å²) in [6, 6.07) is 9.91. The molecule has 7 nitrogen and oxygen atoms in total. The van der Waals surface area contributed by atoms with Crippen molar-refractivity contribution in [2.75, 3.05) is 25.5 Å². The van der Waals surface area contributed by atoms with Crippen LogP contribution in [0, 0.1) is 17.6 Å². The Bertz CT molecular complexity index is 1140. The number of Topliss-reactive ketones (excluding diaryl/α,β-unsaturated/α-hetero) is 1. The molecule has 33 heavy (non-hydrogen) atoms. The lowest BCUT2D eigenvalue weighted by molar-refractivity contribution is 0.0829. The summed E-state index contributed by atoms with van der Waals surface area (Å²) in [6.07, 6.45) is 1.08. The van der Waals surface area contributed by atoms with Gasteiger partial charge in [-0.1, -0.05) is 11.3 Å². The van der Waals surface area contributed by atoms with Crippen molar-refractivity contribution >= 4 is 28.7 Å². The van der Waals surface area contributed by atoms with Gasteiger partial charge in [-0.05, 0) is 68.4 Å². The summed E-state index contributed by atoms with van der Waals surface area (Å²) >= 11 is 1.21. The third kappa shape index (κ3) is 5.58. The number of ketones is 1. The Labute approximate surface area is 193 Å². The van der Waals surface area contributed by atoms with Crippen molar-refractivity contribution < 1.29 is 23.1 Å². The summed E-state index contributed by atoms with van der Waals surface area (Å²) in [5, 5.41) is 11.8. The number of likely N-dealkylation sites (tertiary alicyclic amines) is 1. The Kier molecular flexibility index (Phi) is 7.05. The fraction of sp³-hybridized carbons (Fsp3) is 0.304. The van der Waals surface area contributed by atoms with Gasteiger partial charge in [0.25, 0.3) is 5.91 Å². The van der Waals surface area contributed by atoms with Crippen LogP contribution in [-0.2, 0) is 6.54 Å². The molecule has 2 aromatic carbocycles. The second-order valence-corrected chi connectivity index (χ2v) is 8.78. The number of nitrogens with one attached hydrogen (secondary N) is 1. The number of rotatable bonds is 7. The fourth-order valence-electron chi connectivity index (χ4n) is 3.72. The first-order chi connectivity index (χ1) is 15.9. The van der Waals surface area contributed by atoms with E-state index >= 15 is 0 Å². The van der Waals surface area contributed by atoms with E-state index in [-0.39, 0.29) is 28.2 Å². The zero-order valence-corrected chi connectivity index (χ0v) is 18.7. The van der Waals surface area contributed by atoms with E-state index < -0.39 is 11.6 Å². The van der Waals surface area contributed by atoms with Crippen LogP contribution in [-0.4, -0.2) is 47.0 Å².